The lowest BCUT2D eigenvalue weighted by atomic mass is 9.43. The molecule has 0 spiro atoms. The maximum absolute atomic E-state index is 12.4. The lowest BCUT2D eigenvalue weighted by molar-refractivity contribution is -0.270. The minimum atomic E-state index is -0.851. The number of fused-ring (bicyclic) bond motifs is 5. The van der Waals surface area contributed by atoms with E-state index in [0.29, 0.717) is 24.2 Å². The highest BCUT2D eigenvalue weighted by molar-refractivity contribution is 5.80. The Morgan fingerprint density at radius 3 is 2.42 bits per heavy atom. The third-order valence-electron chi connectivity index (χ3n) is 11.3. The van der Waals surface area contributed by atoms with Crippen molar-refractivity contribution >= 4 is 5.78 Å². The minimum Gasteiger partial charge on any atom is -0.390 e. The maximum Gasteiger partial charge on any atom is 0.161 e. The molecule has 0 radical (unpaired) electrons. The Balaban J connectivity index is 1.28. The zero-order valence-electron chi connectivity index (χ0n) is 20.8. The molecule has 6 heteroatoms. The van der Waals surface area contributed by atoms with Gasteiger partial charge >= 0.3 is 0 Å². The number of rotatable bonds is 3. The first kappa shape index (κ1) is 24.2. The van der Waals surface area contributed by atoms with Crippen molar-refractivity contribution in [3.05, 3.63) is 0 Å². The molecular formula is C27H44O6. The molecule has 12 atom stereocenters. The van der Waals surface area contributed by atoms with Gasteiger partial charge in [-0.05, 0) is 94.8 Å². The quantitative estimate of drug-likeness (QED) is 0.553. The summed E-state index contributed by atoms with van der Waals surface area (Å²) in [6.07, 6.45) is 6.75. The van der Waals surface area contributed by atoms with Crippen LogP contribution in [0.5, 0.6) is 0 Å². The van der Waals surface area contributed by atoms with Crippen LogP contribution in [0.4, 0.5) is 0 Å². The largest absolute Gasteiger partial charge is 0.390 e. The fourth-order valence-electron chi connectivity index (χ4n) is 9.29. The van der Waals surface area contributed by atoms with E-state index in [0.717, 1.165) is 57.8 Å². The summed E-state index contributed by atoms with van der Waals surface area (Å²) in [6.45, 7) is 8.14. The highest BCUT2D eigenvalue weighted by Gasteiger charge is 2.67. The van der Waals surface area contributed by atoms with Gasteiger partial charge in [-0.25, -0.2) is 0 Å². The van der Waals surface area contributed by atoms with Crippen LogP contribution in [-0.4, -0.2) is 57.4 Å². The molecule has 5 aliphatic rings. The van der Waals surface area contributed by atoms with E-state index in [1.807, 2.05) is 0 Å². The summed E-state index contributed by atoms with van der Waals surface area (Å²) in [7, 11) is 0. The number of hydrogen-bond acceptors (Lipinski definition) is 6. The molecule has 0 aromatic rings. The number of carbonyl (C=O) groups is 1. The predicted molar refractivity (Wildman–Crippen MR) is 123 cm³/mol. The molecule has 0 bridgehead atoms. The highest BCUT2D eigenvalue weighted by Crippen LogP contribution is 2.69. The topological polar surface area (TPSA) is 96.2 Å². The number of ketones is 1. The Labute approximate surface area is 198 Å². The Bertz CT molecular complexity index is 760. The number of hydrogen-bond donors (Lipinski definition) is 3. The van der Waals surface area contributed by atoms with Crippen LogP contribution in [0.15, 0.2) is 0 Å². The molecule has 188 valence electrons. The van der Waals surface area contributed by atoms with Crippen LogP contribution in [0, 0.1) is 34.5 Å². The van der Waals surface area contributed by atoms with Gasteiger partial charge in [-0.3, -0.25) is 4.79 Å². The van der Waals surface area contributed by atoms with E-state index in [-0.39, 0.29) is 28.6 Å². The van der Waals surface area contributed by atoms with Crippen LogP contribution in [0.2, 0.25) is 0 Å². The van der Waals surface area contributed by atoms with Crippen molar-refractivity contribution < 1.29 is 29.6 Å². The van der Waals surface area contributed by atoms with Crippen molar-refractivity contribution in [2.24, 2.45) is 34.5 Å². The van der Waals surface area contributed by atoms with Crippen LogP contribution in [0.1, 0.15) is 91.9 Å². The molecule has 1 heterocycles. The average molecular weight is 465 g/mol. The van der Waals surface area contributed by atoms with Gasteiger partial charge in [0.2, 0.25) is 0 Å². The number of aliphatic hydroxyl groups excluding tert-OH is 2. The molecule has 1 saturated heterocycles. The predicted octanol–water partition coefficient (Wildman–Crippen LogP) is 3.59. The molecular weight excluding hydrogens is 420 g/mol. The number of carbonyl (C=O) groups excluding carboxylic acids is 1. The van der Waals surface area contributed by atoms with Crippen LogP contribution in [0.25, 0.3) is 0 Å². The Hall–Kier alpha value is -0.530. The molecule has 3 N–H and O–H groups in total. The molecule has 0 amide bonds. The van der Waals surface area contributed by atoms with Crippen LogP contribution >= 0.6 is 0 Å². The number of ether oxygens (including phenoxy) is 2. The monoisotopic (exact) mass is 464 g/mol. The van der Waals surface area contributed by atoms with Crippen molar-refractivity contribution in [3.63, 3.8) is 0 Å². The second kappa shape index (κ2) is 8.26. The smallest absolute Gasteiger partial charge is 0.161 e. The van der Waals surface area contributed by atoms with Crippen molar-refractivity contribution in [2.75, 3.05) is 0 Å². The highest BCUT2D eigenvalue weighted by atomic mass is 16.7. The first-order chi connectivity index (χ1) is 15.5. The molecule has 4 saturated carbocycles. The van der Waals surface area contributed by atoms with E-state index in [1.165, 1.54) is 0 Å². The van der Waals surface area contributed by atoms with Crippen molar-refractivity contribution in [1.82, 2.24) is 0 Å². The fourth-order valence-corrected chi connectivity index (χ4v) is 9.29. The third kappa shape index (κ3) is 3.57. The summed E-state index contributed by atoms with van der Waals surface area (Å²) in [4.78, 5) is 12.4. The Morgan fingerprint density at radius 1 is 0.970 bits per heavy atom. The van der Waals surface area contributed by atoms with Crippen molar-refractivity contribution in [2.45, 2.75) is 128 Å². The molecule has 4 aliphatic carbocycles. The van der Waals surface area contributed by atoms with Gasteiger partial charge < -0.3 is 24.8 Å². The van der Waals surface area contributed by atoms with Gasteiger partial charge in [-0.1, -0.05) is 13.8 Å². The average Bonchev–Trinajstić information content (AvgIpc) is 3.04. The molecule has 33 heavy (non-hydrogen) atoms. The van der Waals surface area contributed by atoms with E-state index in [9.17, 15) is 20.1 Å². The summed E-state index contributed by atoms with van der Waals surface area (Å²) >= 11 is 0. The molecule has 5 rings (SSSR count). The lowest BCUT2D eigenvalue weighted by Crippen LogP contribution is -2.62. The van der Waals surface area contributed by atoms with E-state index in [2.05, 4.69) is 13.8 Å². The molecule has 0 aromatic heterocycles. The molecule has 1 aliphatic heterocycles. The fraction of sp³-hybridized carbons (Fsp3) is 0.963. The number of aliphatic hydroxyl groups is 3. The number of Topliss-reactive ketones (excluding diaryl/α,β-unsaturated/α-hetero) is 1. The van der Waals surface area contributed by atoms with Gasteiger partial charge in [0.05, 0.1) is 23.9 Å². The van der Waals surface area contributed by atoms with Crippen LogP contribution in [-0.2, 0) is 14.3 Å². The lowest BCUT2D eigenvalue weighted by Gasteiger charge is -2.63. The normalized spacial score (nSPS) is 56.5. The Morgan fingerprint density at radius 2 is 1.73 bits per heavy atom. The second-order valence-electron chi connectivity index (χ2n) is 12.7. The third-order valence-corrected chi connectivity index (χ3v) is 11.3. The van der Waals surface area contributed by atoms with Gasteiger partial charge in [0, 0.05) is 17.8 Å². The Kier molecular flexibility index (Phi) is 6.05. The first-order valence-electron chi connectivity index (χ1n) is 13.4. The molecule has 5 fully saturated rings. The minimum absolute atomic E-state index is 0.00451. The van der Waals surface area contributed by atoms with Crippen LogP contribution < -0.4 is 0 Å². The summed E-state index contributed by atoms with van der Waals surface area (Å²) in [5, 5.41) is 32.2. The van der Waals surface area contributed by atoms with Gasteiger partial charge in [-0.15, -0.1) is 0 Å². The van der Waals surface area contributed by atoms with Crippen molar-refractivity contribution in [1.29, 1.82) is 0 Å². The summed E-state index contributed by atoms with van der Waals surface area (Å²) in [5.74, 6) is 1.61. The SMILES string of the molecule is CC(=O)[C@H]1CC[C@]2(O)[C@@H]3CC[C@@H]4C[C@@H](O[C@H]5C[C@H](O)[C@H](O)[C@@H](C)O5)CC[C@]4(C)[C@H]3CC[C@]12C. The first-order valence-corrected chi connectivity index (χ1v) is 13.4. The molecule has 0 unspecified atom stereocenters. The maximum atomic E-state index is 12.4. The van der Waals surface area contributed by atoms with Gasteiger partial charge in [0.25, 0.3) is 0 Å². The molecule has 0 aromatic carbocycles. The van der Waals surface area contributed by atoms with Gasteiger partial charge in [-0.2, -0.15) is 0 Å². The van der Waals surface area contributed by atoms with Crippen molar-refractivity contribution in [3.8, 4) is 0 Å². The standard InChI is InChI=1S/C27H44O6/c1-15(28)19-9-12-27(31)21-6-5-17-13-18(33-23-14-22(29)24(30)16(2)32-23)7-10-25(17,3)20(21)8-11-26(19,27)4/h16-24,29-31H,5-14H2,1-4H3/t16-,17-,18+,19-,20+,21-,22+,23+,24-,25+,26-,27+/m1/s1. The zero-order chi connectivity index (χ0) is 23.8. The van der Waals surface area contributed by atoms with Crippen LogP contribution in [0.3, 0.4) is 0 Å². The summed E-state index contributed by atoms with van der Waals surface area (Å²) in [6, 6.07) is 0. The van der Waals surface area contributed by atoms with E-state index in [1.54, 1.807) is 13.8 Å². The second-order valence-corrected chi connectivity index (χ2v) is 12.7. The van der Waals surface area contributed by atoms with Gasteiger partial charge in [0.15, 0.2) is 6.29 Å². The molecule has 6 nitrogen and oxygen atoms in total. The van der Waals surface area contributed by atoms with E-state index >= 15 is 0 Å². The summed E-state index contributed by atoms with van der Waals surface area (Å²) < 4.78 is 12.1. The van der Waals surface area contributed by atoms with Gasteiger partial charge in [0.1, 0.15) is 11.9 Å². The summed E-state index contributed by atoms with van der Waals surface area (Å²) in [5.41, 5.74) is -0.787. The zero-order valence-corrected chi connectivity index (χ0v) is 20.8. The van der Waals surface area contributed by atoms with E-state index < -0.39 is 30.2 Å². The van der Waals surface area contributed by atoms with E-state index in [4.69, 9.17) is 9.47 Å².